The predicted molar refractivity (Wildman–Crippen MR) is 129 cm³/mol. The SMILES string of the molecule is [C-]#[N+]C1=C[C@@]2(C)c3nc(-c4cccc(Br)c4)n(-c4cccc(C)c4)c3CC[C@@H]2[C@@H](C)C1=O. The fourth-order valence-corrected chi connectivity index (χ4v) is 5.95. The van der Waals surface area contributed by atoms with E-state index in [-0.39, 0.29) is 23.3 Å². The molecular weight excluding hydrogens is 462 g/mol. The monoisotopic (exact) mass is 485 g/mol. The van der Waals surface area contributed by atoms with Crippen LogP contribution >= 0.6 is 15.9 Å². The van der Waals surface area contributed by atoms with Crippen molar-refractivity contribution in [3.63, 3.8) is 0 Å². The minimum atomic E-state index is -0.448. The number of fused-ring (bicyclic) bond motifs is 3. The molecule has 0 saturated heterocycles. The summed E-state index contributed by atoms with van der Waals surface area (Å²) in [6.45, 7) is 13.8. The van der Waals surface area contributed by atoms with Gasteiger partial charge in [0.25, 0.3) is 0 Å². The van der Waals surface area contributed by atoms with Gasteiger partial charge >= 0.3 is 0 Å². The molecule has 160 valence electrons. The van der Waals surface area contributed by atoms with Gasteiger partial charge < -0.3 is 4.79 Å². The zero-order chi connectivity index (χ0) is 22.6. The second-order valence-corrected chi connectivity index (χ2v) is 10.1. The van der Waals surface area contributed by atoms with Crippen LogP contribution in [0.2, 0.25) is 0 Å². The molecule has 0 fully saturated rings. The molecule has 0 spiro atoms. The maximum Gasteiger partial charge on any atom is 0.226 e. The maximum atomic E-state index is 12.7. The third-order valence-corrected chi connectivity index (χ3v) is 7.61. The highest BCUT2D eigenvalue weighted by molar-refractivity contribution is 9.10. The number of nitrogens with zero attached hydrogens (tertiary/aromatic N) is 3. The zero-order valence-corrected chi connectivity index (χ0v) is 20.0. The number of hydrogen-bond donors (Lipinski definition) is 0. The second kappa shape index (κ2) is 7.56. The molecule has 0 radical (unpaired) electrons. The van der Waals surface area contributed by atoms with Crippen molar-refractivity contribution >= 4 is 21.7 Å². The van der Waals surface area contributed by atoms with Gasteiger partial charge in [0.15, 0.2) is 5.78 Å². The molecule has 3 atom stereocenters. The van der Waals surface area contributed by atoms with Crippen LogP contribution in [0.5, 0.6) is 0 Å². The van der Waals surface area contributed by atoms with Crippen LogP contribution in [0, 0.1) is 25.3 Å². The molecule has 2 aliphatic rings. The largest absolute Gasteiger partial charge is 0.308 e. The molecule has 4 nitrogen and oxygen atoms in total. The lowest BCUT2D eigenvalue weighted by Gasteiger charge is -2.44. The second-order valence-electron chi connectivity index (χ2n) is 9.14. The van der Waals surface area contributed by atoms with Gasteiger partial charge in [-0.15, -0.1) is 0 Å². The van der Waals surface area contributed by atoms with Crippen molar-refractivity contribution in [3.05, 3.63) is 93.1 Å². The summed E-state index contributed by atoms with van der Waals surface area (Å²) >= 11 is 3.60. The first-order valence-electron chi connectivity index (χ1n) is 10.9. The summed E-state index contributed by atoms with van der Waals surface area (Å²) < 4.78 is 3.28. The summed E-state index contributed by atoms with van der Waals surface area (Å²) in [5, 5.41) is 0. The number of allylic oxidation sites excluding steroid dienone is 2. The summed E-state index contributed by atoms with van der Waals surface area (Å²) in [5.74, 6) is 0.826. The number of imidazole rings is 1. The molecule has 1 aromatic heterocycles. The van der Waals surface area contributed by atoms with Crippen LogP contribution in [0.15, 0.2) is 64.8 Å². The van der Waals surface area contributed by atoms with Crippen molar-refractivity contribution in [3.8, 4) is 17.1 Å². The minimum absolute atomic E-state index is 0.0312. The van der Waals surface area contributed by atoms with Crippen molar-refractivity contribution in [2.45, 2.75) is 39.0 Å². The fourth-order valence-electron chi connectivity index (χ4n) is 5.55. The lowest BCUT2D eigenvalue weighted by molar-refractivity contribution is -0.121. The highest BCUT2D eigenvalue weighted by Gasteiger charge is 2.50. The number of ketones is 1. The zero-order valence-electron chi connectivity index (χ0n) is 18.4. The Morgan fingerprint density at radius 1 is 1.22 bits per heavy atom. The lowest BCUT2D eigenvalue weighted by Crippen LogP contribution is -2.45. The van der Waals surface area contributed by atoms with Gasteiger partial charge in [-0.05, 0) is 55.5 Å². The molecule has 2 aliphatic carbocycles. The first kappa shape index (κ1) is 20.9. The van der Waals surface area contributed by atoms with E-state index in [1.54, 1.807) is 0 Å². The Hall–Kier alpha value is -2.97. The standard InChI is InChI=1S/C27H24BrN3O/c1-16-7-5-10-20(13-16)31-23-12-11-21-17(2)24(32)22(29-4)15-27(21,3)25(23)30-26(31)18-8-6-9-19(28)14-18/h5-10,13-15,17,21H,11-12H2,1-3H3/t17-,21-,27-/m1/s1. The van der Waals surface area contributed by atoms with Crippen molar-refractivity contribution in [2.24, 2.45) is 11.8 Å². The predicted octanol–water partition coefficient (Wildman–Crippen LogP) is 6.45. The Morgan fingerprint density at radius 3 is 2.72 bits per heavy atom. The molecule has 2 aromatic carbocycles. The maximum absolute atomic E-state index is 12.7. The van der Waals surface area contributed by atoms with Gasteiger partial charge in [-0.25, -0.2) is 9.83 Å². The minimum Gasteiger partial charge on any atom is -0.308 e. The van der Waals surface area contributed by atoms with Crippen LogP contribution in [0.4, 0.5) is 0 Å². The van der Waals surface area contributed by atoms with Crippen LogP contribution in [-0.4, -0.2) is 15.3 Å². The quantitative estimate of drug-likeness (QED) is 0.391. The molecule has 1 heterocycles. The molecule has 3 aromatic rings. The molecular formula is C27H24BrN3O. The molecule has 0 bridgehead atoms. The van der Waals surface area contributed by atoms with Gasteiger partial charge in [-0.3, -0.25) is 4.57 Å². The highest BCUT2D eigenvalue weighted by atomic mass is 79.9. The Bertz CT molecular complexity index is 1330. The van der Waals surface area contributed by atoms with Gasteiger partial charge in [0.05, 0.1) is 12.3 Å². The Morgan fingerprint density at radius 2 is 2.00 bits per heavy atom. The number of rotatable bonds is 2. The first-order valence-corrected chi connectivity index (χ1v) is 11.7. The number of carbonyl (C=O) groups excluding carboxylic acids is 1. The topological polar surface area (TPSA) is 39.2 Å². The van der Waals surface area contributed by atoms with E-state index in [2.05, 4.69) is 75.6 Å². The number of benzene rings is 2. The van der Waals surface area contributed by atoms with Crippen molar-refractivity contribution in [1.29, 1.82) is 0 Å². The van der Waals surface area contributed by atoms with E-state index in [4.69, 9.17) is 11.6 Å². The average Bonchev–Trinajstić information content (AvgIpc) is 3.17. The molecule has 32 heavy (non-hydrogen) atoms. The normalized spacial score (nSPS) is 24.3. The van der Waals surface area contributed by atoms with Crippen molar-refractivity contribution < 1.29 is 4.79 Å². The van der Waals surface area contributed by atoms with E-state index in [1.807, 2.05) is 25.1 Å². The summed E-state index contributed by atoms with van der Waals surface area (Å²) in [5.41, 5.74) is 5.28. The highest BCUT2D eigenvalue weighted by Crippen LogP contribution is 2.51. The number of carbonyl (C=O) groups is 1. The van der Waals surface area contributed by atoms with Crippen LogP contribution in [0.1, 0.15) is 37.2 Å². The number of Topliss-reactive ketones (excluding diaryl/α,β-unsaturated/α-hetero) is 1. The first-order chi connectivity index (χ1) is 15.3. The smallest absolute Gasteiger partial charge is 0.226 e. The van der Waals surface area contributed by atoms with Gasteiger partial charge in [0, 0.05) is 32.8 Å². The van der Waals surface area contributed by atoms with E-state index in [1.165, 1.54) is 11.3 Å². The summed E-state index contributed by atoms with van der Waals surface area (Å²) in [7, 11) is 0. The molecule has 0 amide bonds. The molecule has 0 saturated carbocycles. The van der Waals surface area contributed by atoms with E-state index in [0.717, 1.165) is 40.1 Å². The molecule has 5 rings (SSSR count). The Balaban J connectivity index is 1.82. The summed E-state index contributed by atoms with van der Waals surface area (Å²) in [6.07, 6.45) is 3.64. The number of aryl methyl sites for hydroxylation is 1. The van der Waals surface area contributed by atoms with E-state index >= 15 is 0 Å². The lowest BCUT2D eigenvalue weighted by atomic mass is 9.59. The van der Waals surface area contributed by atoms with E-state index in [9.17, 15) is 4.79 Å². The fraction of sp³-hybridized carbons (Fsp3) is 0.296. The number of aromatic nitrogens is 2. The molecule has 0 unspecified atom stereocenters. The summed E-state index contributed by atoms with van der Waals surface area (Å²) in [6, 6.07) is 16.7. The van der Waals surface area contributed by atoms with Gasteiger partial charge in [0.1, 0.15) is 5.82 Å². The average molecular weight is 486 g/mol. The third kappa shape index (κ3) is 3.09. The molecule has 0 aliphatic heterocycles. The van der Waals surface area contributed by atoms with Gasteiger partial charge in [-0.2, -0.15) is 0 Å². The van der Waals surface area contributed by atoms with E-state index in [0.29, 0.717) is 0 Å². The molecule has 0 N–H and O–H groups in total. The van der Waals surface area contributed by atoms with Gasteiger partial charge in [0.2, 0.25) is 5.70 Å². The van der Waals surface area contributed by atoms with Crippen LogP contribution in [0.25, 0.3) is 21.9 Å². The molecule has 5 heteroatoms. The van der Waals surface area contributed by atoms with Gasteiger partial charge in [-0.1, -0.05) is 60.1 Å². The number of hydrogen-bond acceptors (Lipinski definition) is 2. The van der Waals surface area contributed by atoms with Crippen LogP contribution in [-0.2, 0) is 16.6 Å². The Kier molecular flexibility index (Phi) is 4.94. The number of halogens is 1. The Labute approximate surface area is 196 Å². The van der Waals surface area contributed by atoms with Crippen molar-refractivity contribution in [2.75, 3.05) is 0 Å². The van der Waals surface area contributed by atoms with Crippen LogP contribution in [0.3, 0.4) is 0 Å². The summed E-state index contributed by atoms with van der Waals surface area (Å²) in [4.78, 5) is 21.6. The third-order valence-electron chi connectivity index (χ3n) is 7.11. The van der Waals surface area contributed by atoms with Crippen LogP contribution < -0.4 is 0 Å². The van der Waals surface area contributed by atoms with Crippen molar-refractivity contribution in [1.82, 2.24) is 9.55 Å². The van der Waals surface area contributed by atoms with E-state index < -0.39 is 5.41 Å².